The summed E-state index contributed by atoms with van der Waals surface area (Å²) in [5.41, 5.74) is 1.82. The number of hydrogen-bond donors (Lipinski definition) is 3. The van der Waals surface area contributed by atoms with E-state index >= 15 is 0 Å². The Balaban J connectivity index is 1.79. The highest BCUT2D eigenvalue weighted by molar-refractivity contribution is 5.94. The lowest BCUT2D eigenvalue weighted by Gasteiger charge is -2.32. The number of benzene rings is 1. The second-order valence-corrected chi connectivity index (χ2v) is 7.48. The highest BCUT2D eigenvalue weighted by atomic mass is 16.1. The van der Waals surface area contributed by atoms with Gasteiger partial charge >= 0.3 is 0 Å². The van der Waals surface area contributed by atoms with Gasteiger partial charge in [0.05, 0.1) is 0 Å². The van der Waals surface area contributed by atoms with Crippen molar-refractivity contribution in [2.45, 2.75) is 59.0 Å². The number of carbonyl (C=O) groups excluding carboxylic acids is 1. The molecule has 1 saturated carbocycles. The number of nitrogens with one attached hydrogen (secondary N) is 3. The minimum absolute atomic E-state index is 0.0264. The minimum atomic E-state index is -0.0264. The van der Waals surface area contributed by atoms with E-state index in [9.17, 15) is 4.79 Å². The van der Waals surface area contributed by atoms with Crippen molar-refractivity contribution in [3.8, 4) is 0 Å². The molecule has 2 rings (SSSR count). The third-order valence-electron chi connectivity index (χ3n) is 5.29. The molecule has 5 heteroatoms. The molecule has 0 aromatic heterocycles. The van der Waals surface area contributed by atoms with Crippen molar-refractivity contribution in [2.24, 2.45) is 16.8 Å². The maximum atomic E-state index is 11.8. The van der Waals surface area contributed by atoms with Crippen LogP contribution in [0.3, 0.4) is 0 Å². The summed E-state index contributed by atoms with van der Waals surface area (Å²) in [5.74, 6) is 2.48. The summed E-state index contributed by atoms with van der Waals surface area (Å²) in [6.07, 6.45) is 5.02. The van der Waals surface area contributed by atoms with E-state index in [-0.39, 0.29) is 5.91 Å². The van der Waals surface area contributed by atoms with Gasteiger partial charge in [0.2, 0.25) is 0 Å². The van der Waals surface area contributed by atoms with Gasteiger partial charge in [-0.15, -0.1) is 0 Å². The SMILES string of the molecule is CCNC(=O)c1ccc(CNC(=NC)NC2CCC(C(C)C)CC2)cc1. The van der Waals surface area contributed by atoms with Crippen molar-refractivity contribution in [3.05, 3.63) is 35.4 Å². The quantitative estimate of drug-likeness (QED) is 0.540. The molecular formula is C21H34N4O. The first-order chi connectivity index (χ1) is 12.5. The Hall–Kier alpha value is -2.04. The number of nitrogens with zero attached hydrogens (tertiary/aromatic N) is 1. The van der Waals surface area contributed by atoms with Gasteiger partial charge in [-0.2, -0.15) is 0 Å². The predicted molar refractivity (Wildman–Crippen MR) is 108 cm³/mol. The predicted octanol–water partition coefficient (Wildman–Crippen LogP) is 3.32. The molecule has 1 aromatic rings. The molecule has 0 heterocycles. The van der Waals surface area contributed by atoms with Crippen LogP contribution in [0, 0.1) is 11.8 Å². The van der Waals surface area contributed by atoms with Gasteiger partial charge in [0.25, 0.3) is 5.91 Å². The van der Waals surface area contributed by atoms with E-state index in [1.807, 2.05) is 38.2 Å². The van der Waals surface area contributed by atoms with Crippen LogP contribution < -0.4 is 16.0 Å². The molecule has 5 nitrogen and oxygen atoms in total. The summed E-state index contributed by atoms with van der Waals surface area (Å²) in [7, 11) is 1.81. The highest BCUT2D eigenvalue weighted by Crippen LogP contribution is 2.29. The Labute approximate surface area is 158 Å². The molecule has 0 radical (unpaired) electrons. The summed E-state index contributed by atoms with van der Waals surface area (Å²) in [5, 5.41) is 9.75. The van der Waals surface area contributed by atoms with Crippen molar-refractivity contribution >= 4 is 11.9 Å². The second kappa shape index (κ2) is 10.2. The molecule has 0 bridgehead atoms. The molecule has 1 aliphatic carbocycles. The van der Waals surface area contributed by atoms with E-state index in [4.69, 9.17) is 0 Å². The van der Waals surface area contributed by atoms with E-state index in [0.29, 0.717) is 24.7 Å². The fraction of sp³-hybridized carbons (Fsp3) is 0.619. The molecule has 26 heavy (non-hydrogen) atoms. The van der Waals surface area contributed by atoms with Gasteiger partial charge in [0, 0.05) is 31.7 Å². The largest absolute Gasteiger partial charge is 0.354 e. The van der Waals surface area contributed by atoms with Crippen LogP contribution in [-0.2, 0) is 6.54 Å². The molecular weight excluding hydrogens is 324 g/mol. The summed E-state index contributed by atoms with van der Waals surface area (Å²) in [6, 6.07) is 8.21. The van der Waals surface area contributed by atoms with Crippen LogP contribution in [0.25, 0.3) is 0 Å². The van der Waals surface area contributed by atoms with Crippen molar-refractivity contribution < 1.29 is 4.79 Å². The standard InChI is InChI=1S/C21H34N4O/c1-5-23-20(26)18-8-6-16(7-9-18)14-24-21(22-4)25-19-12-10-17(11-13-19)15(2)3/h6-9,15,17,19H,5,10-14H2,1-4H3,(H,23,26)(H2,22,24,25). The smallest absolute Gasteiger partial charge is 0.251 e. The van der Waals surface area contributed by atoms with Crippen molar-refractivity contribution in [2.75, 3.05) is 13.6 Å². The summed E-state index contributed by atoms with van der Waals surface area (Å²) in [4.78, 5) is 16.2. The van der Waals surface area contributed by atoms with Gasteiger partial charge in [-0.05, 0) is 62.1 Å². The van der Waals surface area contributed by atoms with Gasteiger partial charge in [-0.3, -0.25) is 9.79 Å². The van der Waals surface area contributed by atoms with Crippen LogP contribution in [0.2, 0.25) is 0 Å². The molecule has 0 saturated heterocycles. The minimum Gasteiger partial charge on any atom is -0.354 e. The van der Waals surface area contributed by atoms with Gasteiger partial charge in [0.1, 0.15) is 0 Å². The first-order valence-corrected chi connectivity index (χ1v) is 9.87. The van der Waals surface area contributed by atoms with Gasteiger partial charge in [-0.1, -0.05) is 26.0 Å². The monoisotopic (exact) mass is 358 g/mol. The topological polar surface area (TPSA) is 65.5 Å². The molecule has 3 N–H and O–H groups in total. The number of aliphatic imine (C=N–C) groups is 1. The number of rotatable bonds is 6. The Bertz CT molecular complexity index is 587. The third kappa shape index (κ3) is 6.04. The first-order valence-electron chi connectivity index (χ1n) is 9.87. The first kappa shape index (κ1) is 20.3. The van der Waals surface area contributed by atoms with E-state index in [1.54, 1.807) is 0 Å². The molecule has 1 amide bonds. The van der Waals surface area contributed by atoms with Crippen LogP contribution in [0.1, 0.15) is 62.4 Å². The molecule has 1 aromatic carbocycles. The fourth-order valence-electron chi connectivity index (χ4n) is 3.54. The molecule has 0 unspecified atom stereocenters. The number of hydrogen-bond acceptors (Lipinski definition) is 2. The average Bonchev–Trinajstić information content (AvgIpc) is 2.66. The lowest BCUT2D eigenvalue weighted by Crippen LogP contribution is -2.44. The fourth-order valence-corrected chi connectivity index (χ4v) is 3.54. The van der Waals surface area contributed by atoms with E-state index in [2.05, 4.69) is 34.8 Å². The average molecular weight is 359 g/mol. The summed E-state index contributed by atoms with van der Waals surface area (Å²) < 4.78 is 0. The second-order valence-electron chi connectivity index (χ2n) is 7.48. The Morgan fingerprint density at radius 3 is 2.31 bits per heavy atom. The van der Waals surface area contributed by atoms with Gasteiger partial charge in [0.15, 0.2) is 5.96 Å². The van der Waals surface area contributed by atoms with Gasteiger partial charge in [-0.25, -0.2) is 0 Å². The van der Waals surface area contributed by atoms with E-state index in [0.717, 1.165) is 23.4 Å². The molecule has 0 atom stereocenters. The summed E-state index contributed by atoms with van der Waals surface area (Å²) in [6.45, 7) is 7.91. The zero-order valence-electron chi connectivity index (χ0n) is 16.6. The third-order valence-corrected chi connectivity index (χ3v) is 5.29. The number of amides is 1. The van der Waals surface area contributed by atoms with Crippen molar-refractivity contribution in [1.29, 1.82) is 0 Å². The molecule has 0 aliphatic heterocycles. The lowest BCUT2D eigenvalue weighted by atomic mass is 9.80. The lowest BCUT2D eigenvalue weighted by molar-refractivity contribution is 0.0956. The highest BCUT2D eigenvalue weighted by Gasteiger charge is 2.23. The summed E-state index contributed by atoms with van der Waals surface area (Å²) >= 11 is 0. The van der Waals surface area contributed by atoms with E-state index < -0.39 is 0 Å². The van der Waals surface area contributed by atoms with Crippen LogP contribution in [0.4, 0.5) is 0 Å². The zero-order chi connectivity index (χ0) is 18.9. The number of guanidine groups is 1. The Morgan fingerprint density at radius 1 is 1.12 bits per heavy atom. The van der Waals surface area contributed by atoms with Crippen LogP contribution in [-0.4, -0.2) is 31.5 Å². The van der Waals surface area contributed by atoms with E-state index in [1.165, 1.54) is 25.7 Å². The zero-order valence-corrected chi connectivity index (χ0v) is 16.6. The van der Waals surface area contributed by atoms with Gasteiger partial charge < -0.3 is 16.0 Å². The maximum Gasteiger partial charge on any atom is 0.251 e. The Morgan fingerprint density at radius 2 is 1.77 bits per heavy atom. The van der Waals surface area contributed by atoms with Crippen LogP contribution in [0.15, 0.2) is 29.3 Å². The van der Waals surface area contributed by atoms with Crippen molar-refractivity contribution in [1.82, 2.24) is 16.0 Å². The maximum absolute atomic E-state index is 11.8. The molecule has 1 fully saturated rings. The molecule has 144 valence electrons. The van der Waals surface area contributed by atoms with Crippen LogP contribution in [0.5, 0.6) is 0 Å². The molecule has 0 spiro atoms. The Kier molecular flexibility index (Phi) is 7.95. The number of carbonyl (C=O) groups is 1. The molecule has 1 aliphatic rings. The van der Waals surface area contributed by atoms with Crippen molar-refractivity contribution in [3.63, 3.8) is 0 Å². The normalized spacial score (nSPS) is 20.7. The van der Waals surface area contributed by atoms with Crippen LogP contribution >= 0.6 is 0 Å².